The van der Waals surface area contributed by atoms with Gasteiger partial charge >= 0.3 is 6.18 Å². The molecule has 1 atom stereocenters. The minimum atomic E-state index is -4.49. The lowest BCUT2D eigenvalue weighted by molar-refractivity contribution is -0.140. The Morgan fingerprint density at radius 1 is 1.11 bits per heavy atom. The van der Waals surface area contributed by atoms with E-state index in [2.05, 4.69) is 0 Å². The molecule has 0 bridgehead atoms. The van der Waals surface area contributed by atoms with Crippen LogP contribution in [0.5, 0.6) is 0 Å². The Labute approximate surface area is 163 Å². The van der Waals surface area contributed by atoms with E-state index < -0.39 is 29.2 Å². The van der Waals surface area contributed by atoms with Crippen molar-refractivity contribution in [1.82, 2.24) is 0 Å². The molecule has 2 aliphatic heterocycles. The molecule has 3 heterocycles. The second-order valence-electron chi connectivity index (χ2n) is 6.74. The van der Waals surface area contributed by atoms with Crippen molar-refractivity contribution in [3.63, 3.8) is 0 Å². The van der Waals surface area contributed by atoms with Crippen LogP contribution in [0.15, 0.2) is 46.7 Å². The lowest BCUT2D eigenvalue weighted by atomic mass is 9.87. The first-order valence-corrected chi connectivity index (χ1v) is 9.72. The van der Waals surface area contributed by atoms with Gasteiger partial charge in [-0.3, -0.25) is 9.59 Å². The highest BCUT2D eigenvalue weighted by Crippen LogP contribution is 2.43. The molecule has 1 spiro atoms. The topological polar surface area (TPSA) is 46.6 Å². The van der Waals surface area contributed by atoms with Crippen LogP contribution in [0.4, 0.5) is 18.9 Å². The van der Waals surface area contributed by atoms with E-state index in [-0.39, 0.29) is 11.3 Å². The van der Waals surface area contributed by atoms with Crippen molar-refractivity contribution < 1.29 is 27.5 Å². The molecule has 1 unspecified atom stereocenters. The number of amides is 2. The quantitative estimate of drug-likeness (QED) is 0.537. The predicted molar refractivity (Wildman–Crippen MR) is 98.8 cm³/mol. The van der Waals surface area contributed by atoms with Gasteiger partial charge in [-0.2, -0.15) is 24.5 Å². The van der Waals surface area contributed by atoms with E-state index in [9.17, 15) is 22.8 Å². The van der Waals surface area contributed by atoms with Crippen LogP contribution in [0, 0.1) is 0 Å². The molecular weight excluding hydrogens is 391 g/mol. The zero-order valence-electron chi connectivity index (χ0n) is 14.7. The molecule has 0 N–H and O–H groups in total. The number of benzene rings is 1. The van der Waals surface area contributed by atoms with Crippen LogP contribution >= 0.6 is 11.3 Å². The minimum absolute atomic E-state index is 0.102. The van der Waals surface area contributed by atoms with Gasteiger partial charge in [0.2, 0.25) is 0 Å². The number of hydrogen-bond donors (Lipinski definition) is 0. The highest BCUT2D eigenvalue weighted by atomic mass is 32.1. The lowest BCUT2D eigenvalue weighted by Gasteiger charge is -2.32. The van der Waals surface area contributed by atoms with E-state index in [4.69, 9.17) is 4.74 Å². The number of rotatable bonds is 2. The number of alkyl halides is 3. The van der Waals surface area contributed by atoms with Gasteiger partial charge in [-0.1, -0.05) is 0 Å². The van der Waals surface area contributed by atoms with Crippen molar-refractivity contribution in [2.75, 3.05) is 11.5 Å². The summed E-state index contributed by atoms with van der Waals surface area (Å²) in [7, 11) is 0. The summed E-state index contributed by atoms with van der Waals surface area (Å²) in [6, 6.07) is 5.84. The molecule has 1 aromatic carbocycles. The zero-order chi connectivity index (χ0) is 19.9. The third-order valence-corrected chi connectivity index (χ3v) is 5.70. The average molecular weight is 407 g/mol. The maximum atomic E-state index is 13.2. The van der Waals surface area contributed by atoms with Crippen molar-refractivity contribution >= 4 is 34.9 Å². The summed E-state index contributed by atoms with van der Waals surface area (Å²) in [5, 5.41) is 3.71. The normalized spacial score (nSPS) is 24.5. The van der Waals surface area contributed by atoms with Crippen LogP contribution in [-0.2, 0) is 20.5 Å². The molecule has 2 aromatic rings. The fourth-order valence-corrected chi connectivity index (χ4v) is 4.21. The van der Waals surface area contributed by atoms with Crippen molar-refractivity contribution in [3.05, 3.63) is 57.8 Å². The summed E-state index contributed by atoms with van der Waals surface area (Å²) in [6.07, 6.45) is -0.970. The molecule has 2 amide bonds. The standard InChI is InChI=1S/C20H16F3NO3S/c21-20(22,23)14-3-5-15(6-4-14)24-17(25)16(11-13-7-10-28-12-13)19(18(24)26)8-1-2-9-27-19/h3-7,10-12H,1-2,8-9H2. The van der Waals surface area contributed by atoms with E-state index in [1.165, 1.54) is 11.3 Å². The van der Waals surface area contributed by atoms with Gasteiger partial charge < -0.3 is 4.74 Å². The van der Waals surface area contributed by atoms with Crippen molar-refractivity contribution in [3.8, 4) is 0 Å². The molecule has 146 valence electrons. The fourth-order valence-electron chi connectivity index (χ4n) is 3.59. The molecule has 0 aliphatic carbocycles. The Balaban J connectivity index is 1.77. The Bertz CT molecular complexity index is 927. The highest BCUT2D eigenvalue weighted by molar-refractivity contribution is 7.08. The Morgan fingerprint density at radius 2 is 1.86 bits per heavy atom. The molecule has 2 fully saturated rings. The van der Waals surface area contributed by atoms with Crippen molar-refractivity contribution in [2.45, 2.75) is 31.0 Å². The first kappa shape index (κ1) is 18.9. The van der Waals surface area contributed by atoms with Gasteiger partial charge in [0, 0.05) is 6.61 Å². The smallest absolute Gasteiger partial charge is 0.360 e. The van der Waals surface area contributed by atoms with Crippen LogP contribution in [0.25, 0.3) is 6.08 Å². The Hall–Kier alpha value is -2.45. The third-order valence-electron chi connectivity index (χ3n) is 5.00. The van der Waals surface area contributed by atoms with Crippen molar-refractivity contribution in [2.24, 2.45) is 0 Å². The van der Waals surface area contributed by atoms with Crippen LogP contribution in [0.3, 0.4) is 0 Å². The maximum Gasteiger partial charge on any atom is 0.416 e. The van der Waals surface area contributed by atoms with Gasteiger partial charge in [-0.05, 0) is 72.0 Å². The van der Waals surface area contributed by atoms with Crippen LogP contribution in [0.2, 0.25) is 0 Å². The molecule has 8 heteroatoms. The molecular formula is C20H16F3NO3S. The number of carbonyl (C=O) groups is 2. The zero-order valence-corrected chi connectivity index (χ0v) is 15.5. The van der Waals surface area contributed by atoms with Gasteiger partial charge in [0.1, 0.15) is 0 Å². The maximum absolute atomic E-state index is 13.2. The van der Waals surface area contributed by atoms with Gasteiger partial charge in [0.25, 0.3) is 11.8 Å². The van der Waals surface area contributed by atoms with Gasteiger partial charge in [0.05, 0.1) is 16.8 Å². The van der Waals surface area contributed by atoms with Gasteiger partial charge in [0.15, 0.2) is 5.60 Å². The largest absolute Gasteiger partial charge is 0.416 e. The first-order chi connectivity index (χ1) is 13.3. The number of halogens is 3. The molecule has 4 rings (SSSR count). The molecule has 4 nitrogen and oxygen atoms in total. The van der Waals surface area contributed by atoms with Crippen molar-refractivity contribution in [1.29, 1.82) is 0 Å². The van der Waals surface area contributed by atoms with Crippen LogP contribution in [-0.4, -0.2) is 24.0 Å². The SMILES string of the molecule is O=C1C(=Cc2ccsc2)C2(CCCCO2)C(=O)N1c1ccc(C(F)(F)F)cc1. The summed E-state index contributed by atoms with van der Waals surface area (Å²) in [6.45, 7) is 0.348. The van der Waals surface area contributed by atoms with Gasteiger partial charge in [-0.25, -0.2) is 4.90 Å². The number of nitrogens with zero attached hydrogens (tertiary/aromatic N) is 1. The Kier molecular flexibility index (Phi) is 4.63. The summed E-state index contributed by atoms with van der Waals surface area (Å²) < 4.78 is 44.3. The number of thiophene rings is 1. The molecule has 0 saturated carbocycles. The molecule has 28 heavy (non-hydrogen) atoms. The first-order valence-electron chi connectivity index (χ1n) is 8.77. The summed E-state index contributed by atoms with van der Waals surface area (Å²) in [4.78, 5) is 27.3. The monoisotopic (exact) mass is 407 g/mol. The fraction of sp³-hybridized carbons (Fsp3) is 0.300. The molecule has 2 aliphatic rings. The number of carbonyl (C=O) groups excluding carboxylic acids is 2. The average Bonchev–Trinajstić information content (AvgIpc) is 3.25. The summed E-state index contributed by atoms with van der Waals surface area (Å²) in [5.74, 6) is -1.10. The summed E-state index contributed by atoms with van der Waals surface area (Å²) >= 11 is 1.46. The minimum Gasteiger partial charge on any atom is -0.360 e. The van der Waals surface area contributed by atoms with Crippen LogP contribution < -0.4 is 4.90 Å². The summed E-state index contributed by atoms with van der Waals surface area (Å²) in [5.41, 5.74) is -1.10. The van der Waals surface area contributed by atoms with E-state index in [0.717, 1.165) is 47.6 Å². The second-order valence-corrected chi connectivity index (χ2v) is 7.52. The van der Waals surface area contributed by atoms with E-state index in [0.29, 0.717) is 13.0 Å². The van der Waals surface area contributed by atoms with Crippen LogP contribution in [0.1, 0.15) is 30.4 Å². The second kappa shape index (κ2) is 6.86. The molecule has 2 saturated heterocycles. The number of ether oxygens (including phenoxy) is 1. The number of hydrogen-bond acceptors (Lipinski definition) is 4. The van der Waals surface area contributed by atoms with E-state index >= 15 is 0 Å². The van der Waals surface area contributed by atoms with E-state index in [1.807, 2.05) is 16.8 Å². The predicted octanol–water partition coefficient (Wildman–Crippen LogP) is 4.66. The van der Waals surface area contributed by atoms with E-state index in [1.54, 1.807) is 6.08 Å². The number of imide groups is 1. The highest BCUT2D eigenvalue weighted by Gasteiger charge is 2.57. The number of anilines is 1. The Morgan fingerprint density at radius 3 is 2.43 bits per heavy atom. The third kappa shape index (κ3) is 3.06. The molecule has 1 aromatic heterocycles. The molecule has 0 radical (unpaired) electrons. The lowest BCUT2D eigenvalue weighted by Crippen LogP contribution is -2.45. The van der Waals surface area contributed by atoms with Gasteiger partial charge in [-0.15, -0.1) is 0 Å².